The van der Waals surface area contributed by atoms with Crippen molar-refractivity contribution < 1.29 is 14.4 Å². The van der Waals surface area contributed by atoms with Crippen LogP contribution in [0.25, 0.3) is 0 Å². The Morgan fingerprint density at radius 2 is 1.66 bits per heavy atom. The second-order valence-electron chi connectivity index (χ2n) is 8.64. The molecule has 32 heavy (non-hydrogen) atoms. The molecule has 0 spiro atoms. The van der Waals surface area contributed by atoms with Gasteiger partial charge in [-0.3, -0.25) is 14.4 Å². The second kappa shape index (κ2) is 12.1. The molecule has 0 aliphatic heterocycles. The van der Waals surface area contributed by atoms with Crippen molar-refractivity contribution in [3.05, 3.63) is 65.7 Å². The van der Waals surface area contributed by atoms with Crippen LogP contribution in [-0.4, -0.2) is 42.0 Å². The molecular weight excluding hydrogens is 440 g/mol. The van der Waals surface area contributed by atoms with Crippen LogP contribution in [-0.2, 0) is 16.0 Å². The maximum absolute atomic E-state index is 12.8. The predicted molar refractivity (Wildman–Crippen MR) is 137 cm³/mol. The number of thiol groups is 1. The Labute approximate surface area is 200 Å². The Morgan fingerprint density at radius 3 is 2.22 bits per heavy atom. The highest BCUT2D eigenvalue weighted by Crippen LogP contribution is 2.25. The number of hydrogen-bond donors (Lipinski definition) is 2. The van der Waals surface area contributed by atoms with Gasteiger partial charge >= 0.3 is 0 Å². The van der Waals surface area contributed by atoms with Crippen LogP contribution in [0.15, 0.2) is 54.6 Å². The minimum atomic E-state index is -0.807. The topological polar surface area (TPSA) is 66.5 Å². The molecule has 172 valence electrons. The number of rotatable bonds is 11. The lowest BCUT2D eigenvalue weighted by atomic mass is 9.94. The summed E-state index contributed by atoms with van der Waals surface area (Å²) in [7, 11) is 4.00. The van der Waals surface area contributed by atoms with E-state index in [-0.39, 0.29) is 16.1 Å². The average Bonchev–Trinajstić information content (AvgIpc) is 2.77. The monoisotopic (exact) mass is 472 g/mol. The quantitative estimate of drug-likeness (QED) is 0.467. The van der Waals surface area contributed by atoms with Crippen LogP contribution in [0.4, 0.5) is 5.69 Å². The molecule has 5 nitrogen and oxygen atoms in total. The third kappa shape index (κ3) is 8.02. The van der Waals surface area contributed by atoms with E-state index in [1.165, 1.54) is 5.56 Å². The largest absolute Gasteiger partial charge is 0.378 e. The van der Waals surface area contributed by atoms with E-state index >= 15 is 0 Å². The summed E-state index contributed by atoms with van der Waals surface area (Å²) in [5.74, 6) is 0.0618. The number of benzene rings is 2. The molecule has 0 bridgehead atoms. The number of carbonyl (C=O) groups excluding carboxylic acids is 3. The zero-order valence-electron chi connectivity index (χ0n) is 19.1. The first-order chi connectivity index (χ1) is 15.1. The van der Waals surface area contributed by atoms with Crippen LogP contribution in [0.2, 0.25) is 0 Å². The highest BCUT2D eigenvalue weighted by atomic mass is 32.2. The number of anilines is 1. The number of nitrogens with zero attached hydrogens (tertiary/aromatic N) is 1. The minimum Gasteiger partial charge on any atom is -0.378 e. The van der Waals surface area contributed by atoms with Crippen molar-refractivity contribution in [1.82, 2.24) is 5.32 Å². The summed E-state index contributed by atoms with van der Waals surface area (Å²) < 4.78 is 0. The molecule has 0 radical (unpaired) electrons. The van der Waals surface area contributed by atoms with Gasteiger partial charge in [0, 0.05) is 31.1 Å². The molecule has 2 aromatic rings. The van der Waals surface area contributed by atoms with Gasteiger partial charge < -0.3 is 10.2 Å². The van der Waals surface area contributed by atoms with E-state index in [4.69, 9.17) is 0 Å². The standard InChI is InChI=1S/C25H32N2O3S2/c1-25(2,17-32-23(29)19-10-6-5-7-11-19)24(30)26-21(22(28)31)12-8-9-18-13-15-20(16-14-18)27(3)4/h5-7,10-11,13-16,21H,8-9,12,17H2,1-4H3,(H,26,30)(H,28,31)/t21-/m0/s1. The number of carbonyl (C=O) groups is 3. The Hall–Kier alpha value is -2.25. The third-order valence-electron chi connectivity index (χ3n) is 5.20. The molecule has 1 N–H and O–H groups in total. The lowest BCUT2D eigenvalue weighted by Gasteiger charge is -2.26. The number of amides is 1. The van der Waals surface area contributed by atoms with Crippen molar-refractivity contribution in [2.24, 2.45) is 5.41 Å². The van der Waals surface area contributed by atoms with Gasteiger partial charge in [0.15, 0.2) is 0 Å². The SMILES string of the molecule is CN(C)c1ccc(CCC[C@H](NC(=O)C(C)(C)CSC(=O)c2ccccc2)C(=O)S)cc1. The fourth-order valence-electron chi connectivity index (χ4n) is 3.05. The molecule has 0 aromatic heterocycles. The molecule has 0 saturated carbocycles. The number of nitrogens with one attached hydrogen (secondary N) is 1. The molecule has 2 aromatic carbocycles. The van der Waals surface area contributed by atoms with Crippen molar-refractivity contribution in [3.8, 4) is 0 Å². The van der Waals surface area contributed by atoms with Crippen LogP contribution in [0.1, 0.15) is 42.6 Å². The van der Waals surface area contributed by atoms with E-state index in [0.29, 0.717) is 17.7 Å². The van der Waals surface area contributed by atoms with Crippen LogP contribution in [0.5, 0.6) is 0 Å². The van der Waals surface area contributed by atoms with E-state index in [0.717, 1.165) is 30.3 Å². The summed E-state index contributed by atoms with van der Waals surface area (Å²) in [4.78, 5) is 39.2. The van der Waals surface area contributed by atoms with Crippen molar-refractivity contribution >= 4 is 46.2 Å². The van der Waals surface area contributed by atoms with Gasteiger partial charge in [-0.05, 0) is 37.0 Å². The highest BCUT2D eigenvalue weighted by Gasteiger charge is 2.31. The van der Waals surface area contributed by atoms with Crippen molar-refractivity contribution in [1.29, 1.82) is 0 Å². The summed E-state index contributed by atoms with van der Waals surface area (Å²) in [5.41, 5.74) is 2.12. The van der Waals surface area contributed by atoms with Crippen LogP contribution >= 0.6 is 24.4 Å². The normalized spacial score (nSPS) is 12.2. The van der Waals surface area contributed by atoms with Crippen molar-refractivity contribution in [2.45, 2.75) is 39.2 Å². The summed E-state index contributed by atoms with van der Waals surface area (Å²) in [6.07, 6.45) is 2.07. The lowest BCUT2D eigenvalue weighted by Crippen LogP contribution is -2.46. The van der Waals surface area contributed by atoms with Gasteiger partial charge in [-0.25, -0.2) is 0 Å². The zero-order valence-corrected chi connectivity index (χ0v) is 20.8. The van der Waals surface area contributed by atoms with Crippen LogP contribution in [0, 0.1) is 5.41 Å². The van der Waals surface area contributed by atoms with Crippen molar-refractivity contribution in [2.75, 3.05) is 24.7 Å². The van der Waals surface area contributed by atoms with Gasteiger partial charge in [-0.15, -0.1) is 12.6 Å². The van der Waals surface area contributed by atoms with Gasteiger partial charge in [0.25, 0.3) is 0 Å². The predicted octanol–water partition coefficient (Wildman–Crippen LogP) is 4.62. The molecule has 2 rings (SSSR count). The number of aryl methyl sites for hydroxylation is 1. The Kier molecular flexibility index (Phi) is 9.84. The smallest absolute Gasteiger partial charge is 0.227 e. The first kappa shape index (κ1) is 26.0. The minimum absolute atomic E-state index is 0.0754. The van der Waals surface area contributed by atoms with Crippen molar-refractivity contribution in [3.63, 3.8) is 0 Å². The fourth-order valence-corrected chi connectivity index (χ4v) is 4.17. The Bertz CT molecular complexity index is 913. The molecule has 1 atom stereocenters. The summed E-state index contributed by atoms with van der Waals surface area (Å²) in [5, 5.41) is 2.40. The van der Waals surface area contributed by atoms with E-state index in [1.807, 2.05) is 37.2 Å². The van der Waals surface area contributed by atoms with Crippen LogP contribution in [0.3, 0.4) is 0 Å². The van der Waals surface area contributed by atoms with E-state index < -0.39 is 11.5 Å². The van der Waals surface area contributed by atoms with Gasteiger partial charge in [0.2, 0.25) is 16.1 Å². The fraction of sp³-hybridized carbons (Fsp3) is 0.400. The first-order valence-electron chi connectivity index (χ1n) is 10.6. The first-order valence-corrected chi connectivity index (χ1v) is 12.1. The summed E-state index contributed by atoms with van der Waals surface area (Å²) in [6, 6.07) is 16.6. The molecular formula is C25H32N2O3S2. The van der Waals surface area contributed by atoms with E-state index in [9.17, 15) is 14.4 Å². The van der Waals surface area contributed by atoms with Gasteiger partial charge in [0.1, 0.15) is 0 Å². The average molecular weight is 473 g/mol. The molecule has 0 unspecified atom stereocenters. The van der Waals surface area contributed by atoms with E-state index in [2.05, 4.69) is 42.2 Å². The number of hydrogen-bond acceptors (Lipinski definition) is 5. The maximum Gasteiger partial charge on any atom is 0.227 e. The molecule has 0 aliphatic rings. The molecule has 1 amide bonds. The Morgan fingerprint density at radius 1 is 1.03 bits per heavy atom. The molecule has 0 heterocycles. The summed E-state index contributed by atoms with van der Waals surface area (Å²) in [6.45, 7) is 3.56. The number of thioether (sulfide) groups is 1. The van der Waals surface area contributed by atoms with Crippen LogP contribution < -0.4 is 10.2 Å². The maximum atomic E-state index is 12.8. The summed E-state index contributed by atoms with van der Waals surface area (Å²) >= 11 is 5.08. The van der Waals surface area contributed by atoms with Gasteiger partial charge in [-0.2, -0.15) is 0 Å². The van der Waals surface area contributed by atoms with E-state index in [1.54, 1.807) is 26.0 Å². The van der Waals surface area contributed by atoms with Gasteiger partial charge in [-0.1, -0.05) is 68.1 Å². The van der Waals surface area contributed by atoms with Gasteiger partial charge in [0.05, 0.1) is 11.5 Å². The Balaban J connectivity index is 1.86. The molecule has 0 fully saturated rings. The highest BCUT2D eigenvalue weighted by molar-refractivity contribution is 8.14. The third-order valence-corrected chi connectivity index (χ3v) is 6.88. The molecule has 0 saturated heterocycles. The second-order valence-corrected chi connectivity index (χ2v) is 10.0. The lowest BCUT2D eigenvalue weighted by molar-refractivity contribution is -0.130. The zero-order chi connectivity index (χ0) is 23.7. The molecule has 7 heteroatoms. The molecule has 0 aliphatic carbocycles.